The Kier molecular flexibility index (Phi) is 35.7. The van der Waals surface area contributed by atoms with Crippen LogP contribution in [0, 0.1) is 0 Å². The third kappa shape index (κ3) is 41.2. The number of carbonyl (C=O) groups excluding carboxylic acids is 2. The summed E-state index contributed by atoms with van der Waals surface area (Å²) in [6.07, 6.45) is 53.9. The topological polar surface area (TPSA) is 140 Å². The average molecular weight is 783 g/mol. The lowest BCUT2D eigenvalue weighted by molar-refractivity contribution is -0.161. The number of hydrogen-bond donors (Lipinski definition) is 3. The van der Waals surface area contributed by atoms with Gasteiger partial charge in [-0.3, -0.25) is 14.1 Å². The van der Waals surface area contributed by atoms with E-state index in [2.05, 4.69) is 84.4 Å². The first kappa shape index (κ1) is 51.1. The van der Waals surface area contributed by atoms with Gasteiger partial charge in [0.1, 0.15) is 6.61 Å². The fourth-order valence-corrected chi connectivity index (χ4v) is 4.75. The molecule has 10 heteroatoms. The van der Waals surface area contributed by atoms with Crippen molar-refractivity contribution < 1.29 is 43.0 Å². The van der Waals surface area contributed by atoms with E-state index >= 15 is 0 Å². The molecule has 0 bridgehead atoms. The Morgan fingerprint density at radius 1 is 0.564 bits per heavy atom. The summed E-state index contributed by atoms with van der Waals surface area (Å²) in [5.41, 5.74) is 0. The minimum absolute atomic E-state index is 0.0568. The highest BCUT2D eigenvalue weighted by atomic mass is 31.2. The van der Waals surface area contributed by atoms with E-state index in [1.54, 1.807) is 6.08 Å². The van der Waals surface area contributed by atoms with Crippen LogP contribution in [-0.4, -0.2) is 52.3 Å². The minimum atomic E-state index is -4.81. The molecule has 0 radical (unpaired) electrons. The maximum atomic E-state index is 12.4. The summed E-state index contributed by atoms with van der Waals surface area (Å²) in [5, 5.41) is 9.73. The Morgan fingerprint density at radius 3 is 1.56 bits per heavy atom. The molecule has 0 aliphatic carbocycles. The Balaban J connectivity index is 4.25. The minimum Gasteiger partial charge on any atom is -0.462 e. The highest BCUT2D eigenvalue weighted by molar-refractivity contribution is 7.46. The van der Waals surface area contributed by atoms with Crippen molar-refractivity contribution in [3.05, 3.63) is 134 Å². The quantitative estimate of drug-likeness (QED) is 0.0195. The van der Waals surface area contributed by atoms with Gasteiger partial charge in [0.05, 0.1) is 12.7 Å². The summed E-state index contributed by atoms with van der Waals surface area (Å²) in [4.78, 5) is 42.7. The van der Waals surface area contributed by atoms with Crippen molar-refractivity contribution in [3.8, 4) is 0 Å². The maximum Gasteiger partial charge on any atom is 0.469 e. The number of phosphoric acid groups is 1. The molecule has 9 nitrogen and oxygen atoms in total. The first-order chi connectivity index (χ1) is 26.7. The molecule has 0 fully saturated rings. The van der Waals surface area contributed by atoms with E-state index in [9.17, 15) is 19.3 Å². The molecule has 0 aromatic carbocycles. The number of allylic oxidation sites excluding steroid dienone is 20. The van der Waals surface area contributed by atoms with E-state index in [1.807, 2.05) is 61.6 Å². The fourth-order valence-electron chi connectivity index (χ4n) is 4.39. The summed E-state index contributed by atoms with van der Waals surface area (Å²) in [5.74, 6) is -1.09. The van der Waals surface area contributed by atoms with Crippen molar-refractivity contribution in [2.75, 3.05) is 13.2 Å². The number of aliphatic hydroxyl groups excluding tert-OH is 1. The van der Waals surface area contributed by atoms with Crippen molar-refractivity contribution in [1.82, 2.24) is 0 Å². The third-order valence-electron chi connectivity index (χ3n) is 7.25. The van der Waals surface area contributed by atoms with Crippen LogP contribution in [0.1, 0.15) is 110 Å². The molecule has 0 rings (SSSR count). The summed E-state index contributed by atoms with van der Waals surface area (Å²) < 4.78 is 26.2. The molecule has 0 saturated carbocycles. The van der Waals surface area contributed by atoms with Crippen LogP contribution in [0.4, 0.5) is 0 Å². The van der Waals surface area contributed by atoms with Crippen LogP contribution < -0.4 is 0 Å². The van der Waals surface area contributed by atoms with Crippen LogP contribution in [0.2, 0.25) is 0 Å². The summed E-state index contributed by atoms with van der Waals surface area (Å²) >= 11 is 0. The predicted octanol–water partition coefficient (Wildman–Crippen LogP) is 10.9. The maximum absolute atomic E-state index is 12.4. The Hall–Kier alpha value is -3.85. The van der Waals surface area contributed by atoms with Crippen molar-refractivity contribution in [2.45, 2.75) is 122 Å². The van der Waals surface area contributed by atoms with Gasteiger partial charge in [0.25, 0.3) is 0 Å². The van der Waals surface area contributed by atoms with E-state index in [1.165, 1.54) is 0 Å². The molecule has 0 aliphatic heterocycles. The van der Waals surface area contributed by atoms with Gasteiger partial charge in [-0.25, -0.2) is 4.57 Å². The second-order valence-electron chi connectivity index (χ2n) is 12.3. The van der Waals surface area contributed by atoms with Crippen molar-refractivity contribution >= 4 is 19.8 Å². The number of esters is 2. The van der Waals surface area contributed by atoms with Crippen LogP contribution in [-0.2, 0) is 28.2 Å². The number of ether oxygens (including phenoxy) is 2. The van der Waals surface area contributed by atoms with Gasteiger partial charge >= 0.3 is 19.8 Å². The van der Waals surface area contributed by atoms with E-state index in [0.29, 0.717) is 25.7 Å². The number of unbranched alkanes of at least 4 members (excludes halogenated alkanes) is 1. The largest absolute Gasteiger partial charge is 0.469 e. The van der Waals surface area contributed by atoms with Crippen LogP contribution in [0.5, 0.6) is 0 Å². The number of carbonyl (C=O) groups is 2. The standard InChI is InChI=1S/C45H67O9P/c1-3-5-7-8-9-10-11-12-13-14-15-16-17-18-23-26-29-32-35-39-45(48)54-43(41-53-55(49,50)51)40-52-44(47)38-34-31-28-25-22-20-19-21-24-27-30-33-37-42(46)36-6-4-2/h5-7,9-10,12-13,15-16,18-20,23-25,27-30,32-33,36,42-43,46H,3-4,8,11,14,17,21-22,26,31,34-35,37-41H2,1-2H3,(H2,49,50,51)/b7-5-,10-9-,13-12-,16-15-,20-19-,23-18-,27-24-,28-25-,32-29-,33-30+,36-6-/t42?,43-/m1/s1. The van der Waals surface area contributed by atoms with Crippen LogP contribution >= 0.6 is 7.82 Å². The van der Waals surface area contributed by atoms with Gasteiger partial charge in [0, 0.05) is 12.8 Å². The van der Waals surface area contributed by atoms with E-state index in [0.717, 1.165) is 57.8 Å². The Labute approximate surface area is 331 Å². The van der Waals surface area contributed by atoms with Crippen molar-refractivity contribution in [3.63, 3.8) is 0 Å². The zero-order valence-electron chi connectivity index (χ0n) is 33.1. The molecule has 3 N–H and O–H groups in total. The zero-order valence-corrected chi connectivity index (χ0v) is 34.0. The summed E-state index contributed by atoms with van der Waals surface area (Å²) in [7, 11) is -4.81. The van der Waals surface area contributed by atoms with Gasteiger partial charge in [-0.1, -0.05) is 148 Å². The molecule has 55 heavy (non-hydrogen) atoms. The summed E-state index contributed by atoms with van der Waals surface area (Å²) in [6.45, 7) is 3.19. The molecule has 0 spiro atoms. The van der Waals surface area contributed by atoms with Gasteiger partial charge in [-0.2, -0.15) is 0 Å². The van der Waals surface area contributed by atoms with Gasteiger partial charge in [0.2, 0.25) is 0 Å². The van der Waals surface area contributed by atoms with Crippen molar-refractivity contribution in [2.24, 2.45) is 0 Å². The van der Waals surface area contributed by atoms with Gasteiger partial charge in [0.15, 0.2) is 6.10 Å². The molecule has 0 saturated heterocycles. The SMILES string of the molecule is CC/C=C\C/C=C\C/C=C\C/C=C\C/C=C\C/C=C\CCC(=O)O[C@H](COC(=O)CCC/C=C\C/C=C\C/C=C\C=C\CC(O)/C=C\CC)COP(=O)(O)O. The lowest BCUT2D eigenvalue weighted by atomic mass is 10.2. The fraction of sp³-hybridized carbons (Fsp3) is 0.467. The first-order valence-electron chi connectivity index (χ1n) is 19.6. The monoisotopic (exact) mass is 782 g/mol. The lowest BCUT2D eigenvalue weighted by Gasteiger charge is -2.18. The van der Waals surface area contributed by atoms with Crippen LogP contribution in [0.15, 0.2) is 134 Å². The van der Waals surface area contributed by atoms with E-state index < -0.39 is 38.6 Å². The van der Waals surface area contributed by atoms with Gasteiger partial charge < -0.3 is 24.4 Å². The number of rotatable bonds is 33. The Bertz CT molecular complexity index is 1360. The van der Waals surface area contributed by atoms with Crippen molar-refractivity contribution in [1.29, 1.82) is 0 Å². The molecule has 2 atom stereocenters. The molecule has 306 valence electrons. The molecule has 0 aromatic heterocycles. The lowest BCUT2D eigenvalue weighted by Crippen LogP contribution is -2.29. The Morgan fingerprint density at radius 2 is 1.04 bits per heavy atom. The number of hydrogen-bond acceptors (Lipinski definition) is 7. The molecular formula is C45H67O9P. The smallest absolute Gasteiger partial charge is 0.462 e. The molecule has 0 aromatic rings. The highest BCUT2D eigenvalue weighted by Crippen LogP contribution is 2.35. The molecule has 0 amide bonds. The predicted molar refractivity (Wildman–Crippen MR) is 226 cm³/mol. The van der Waals surface area contributed by atoms with Crippen LogP contribution in [0.25, 0.3) is 0 Å². The van der Waals surface area contributed by atoms with E-state index in [-0.39, 0.29) is 19.4 Å². The first-order valence-corrected chi connectivity index (χ1v) is 21.1. The molecule has 0 aliphatic rings. The number of phosphoric ester groups is 1. The second-order valence-corrected chi connectivity index (χ2v) is 13.6. The normalized spacial score (nSPS) is 14.5. The summed E-state index contributed by atoms with van der Waals surface area (Å²) in [6, 6.07) is 0. The van der Waals surface area contributed by atoms with Gasteiger partial charge in [-0.05, 0) is 83.5 Å². The number of aliphatic hydroxyl groups is 1. The molecular weight excluding hydrogens is 715 g/mol. The zero-order chi connectivity index (χ0) is 40.5. The van der Waals surface area contributed by atoms with E-state index in [4.69, 9.17) is 19.3 Å². The van der Waals surface area contributed by atoms with Crippen LogP contribution in [0.3, 0.4) is 0 Å². The molecule has 1 unspecified atom stereocenters. The molecule has 0 heterocycles. The second kappa shape index (κ2) is 38.4. The third-order valence-corrected chi connectivity index (χ3v) is 7.74. The van der Waals surface area contributed by atoms with Gasteiger partial charge in [-0.15, -0.1) is 0 Å². The highest BCUT2D eigenvalue weighted by Gasteiger charge is 2.22. The average Bonchev–Trinajstić information content (AvgIpc) is 3.15.